The summed E-state index contributed by atoms with van der Waals surface area (Å²) in [6.45, 7) is 6.64. The van der Waals surface area contributed by atoms with E-state index in [1.54, 1.807) is 7.11 Å². The maximum atomic E-state index is 10.5. The summed E-state index contributed by atoms with van der Waals surface area (Å²) >= 11 is 0. The predicted molar refractivity (Wildman–Crippen MR) is 127 cm³/mol. The summed E-state index contributed by atoms with van der Waals surface area (Å²) in [4.78, 5) is 13.6. The van der Waals surface area contributed by atoms with E-state index in [0.29, 0.717) is 6.54 Å². The van der Waals surface area contributed by atoms with Gasteiger partial charge in [0.25, 0.3) is 0 Å². The van der Waals surface area contributed by atoms with Crippen molar-refractivity contribution in [2.75, 3.05) is 51.3 Å². The molecular weight excluding hydrogens is 481 g/mol. The van der Waals surface area contributed by atoms with Crippen LogP contribution in [0.5, 0.6) is 5.75 Å². The van der Waals surface area contributed by atoms with Crippen LogP contribution in [0, 0.1) is 0 Å². The van der Waals surface area contributed by atoms with Crippen LogP contribution in [0.15, 0.2) is 53.7 Å². The molecule has 8 heteroatoms. The number of benzene rings is 1. The number of nitrogens with one attached hydrogen (secondary N) is 1. The summed E-state index contributed by atoms with van der Waals surface area (Å²) in [5.74, 6) is 2.58. The number of aliphatic hydroxyl groups excluding tert-OH is 1. The molecule has 0 spiro atoms. The van der Waals surface area contributed by atoms with Gasteiger partial charge in [0.1, 0.15) is 11.6 Å². The van der Waals surface area contributed by atoms with Gasteiger partial charge < -0.3 is 25.0 Å². The van der Waals surface area contributed by atoms with E-state index in [2.05, 4.69) is 32.0 Å². The molecule has 0 amide bonds. The highest BCUT2D eigenvalue weighted by Gasteiger charge is 2.20. The molecule has 0 radical (unpaired) electrons. The van der Waals surface area contributed by atoms with Gasteiger partial charge in [0, 0.05) is 38.9 Å². The fourth-order valence-corrected chi connectivity index (χ4v) is 3.24. The number of nitrogens with zero attached hydrogens (tertiary/aromatic N) is 4. The molecule has 1 atom stereocenters. The van der Waals surface area contributed by atoms with Crippen LogP contribution in [0.3, 0.4) is 0 Å². The smallest absolute Gasteiger partial charge is 0.194 e. The van der Waals surface area contributed by atoms with Gasteiger partial charge in [0.2, 0.25) is 0 Å². The van der Waals surface area contributed by atoms with Gasteiger partial charge in [0.05, 0.1) is 19.8 Å². The molecule has 0 saturated carbocycles. The highest BCUT2D eigenvalue weighted by Crippen LogP contribution is 2.19. The molecule has 0 aliphatic carbocycles. The summed E-state index contributed by atoms with van der Waals surface area (Å²) in [6, 6.07) is 13.5. The first-order valence-electron chi connectivity index (χ1n) is 9.72. The number of guanidine groups is 1. The van der Waals surface area contributed by atoms with Crippen molar-refractivity contribution in [1.82, 2.24) is 15.2 Å². The van der Waals surface area contributed by atoms with Crippen LogP contribution in [-0.4, -0.2) is 67.3 Å². The zero-order chi connectivity index (χ0) is 19.8. The summed E-state index contributed by atoms with van der Waals surface area (Å²) in [6.07, 6.45) is 1.16. The van der Waals surface area contributed by atoms with Crippen LogP contribution in [0.2, 0.25) is 0 Å². The molecule has 1 aliphatic heterocycles. The minimum Gasteiger partial charge on any atom is -0.497 e. The molecule has 1 unspecified atom stereocenters. The molecule has 1 aliphatic rings. The first-order chi connectivity index (χ1) is 13.7. The molecule has 0 bridgehead atoms. The number of piperazine rings is 1. The molecule has 1 aromatic heterocycles. The van der Waals surface area contributed by atoms with Crippen molar-refractivity contribution in [3.8, 4) is 5.75 Å². The number of aliphatic imine (C=N–C) groups is 1. The van der Waals surface area contributed by atoms with Crippen molar-refractivity contribution in [3.63, 3.8) is 0 Å². The van der Waals surface area contributed by atoms with E-state index in [1.807, 2.05) is 48.7 Å². The lowest BCUT2D eigenvalue weighted by atomic mass is 10.1. The number of rotatable bonds is 6. The van der Waals surface area contributed by atoms with Crippen molar-refractivity contribution in [2.45, 2.75) is 13.0 Å². The van der Waals surface area contributed by atoms with Gasteiger partial charge in [-0.25, -0.2) is 4.98 Å². The lowest BCUT2D eigenvalue weighted by Gasteiger charge is -2.37. The molecule has 1 aromatic carbocycles. The van der Waals surface area contributed by atoms with Crippen LogP contribution < -0.4 is 15.0 Å². The van der Waals surface area contributed by atoms with Gasteiger partial charge in [0.15, 0.2) is 5.96 Å². The average Bonchev–Trinajstić information content (AvgIpc) is 2.77. The third-order valence-corrected chi connectivity index (χ3v) is 4.78. The summed E-state index contributed by atoms with van der Waals surface area (Å²) in [7, 11) is 1.62. The lowest BCUT2D eigenvalue weighted by molar-refractivity contribution is 0.186. The van der Waals surface area contributed by atoms with E-state index in [9.17, 15) is 5.11 Å². The standard InChI is InChI=1S/C21H29N5O2.HI/c1-3-22-21(24-16-19(27)17-7-6-8-18(15-17)28-2)26-13-11-25(12-14-26)20-9-4-5-10-23-20;/h4-10,15,19,27H,3,11-14,16H2,1-2H3,(H,22,24);1H. The number of pyridine rings is 1. The van der Waals surface area contributed by atoms with E-state index in [-0.39, 0.29) is 24.0 Å². The highest BCUT2D eigenvalue weighted by atomic mass is 127. The number of aromatic nitrogens is 1. The number of aliphatic hydroxyl groups is 1. The minimum atomic E-state index is -0.668. The molecule has 2 heterocycles. The molecule has 1 saturated heterocycles. The van der Waals surface area contributed by atoms with E-state index in [1.165, 1.54) is 0 Å². The van der Waals surface area contributed by atoms with Crippen LogP contribution in [0.4, 0.5) is 5.82 Å². The Balaban J connectivity index is 0.00000300. The van der Waals surface area contributed by atoms with E-state index in [0.717, 1.165) is 55.8 Å². The van der Waals surface area contributed by atoms with Gasteiger partial charge in [-0.3, -0.25) is 4.99 Å². The molecular formula is C21H30IN5O2. The topological polar surface area (TPSA) is 73.2 Å². The number of halogens is 1. The summed E-state index contributed by atoms with van der Waals surface area (Å²) in [5.41, 5.74) is 0.805. The molecule has 2 aromatic rings. The average molecular weight is 511 g/mol. The van der Waals surface area contributed by atoms with E-state index in [4.69, 9.17) is 4.74 Å². The lowest BCUT2D eigenvalue weighted by Crippen LogP contribution is -2.52. The fourth-order valence-electron chi connectivity index (χ4n) is 3.24. The van der Waals surface area contributed by atoms with Crippen LogP contribution in [0.25, 0.3) is 0 Å². The molecule has 7 nitrogen and oxygen atoms in total. The van der Waals surface area contributed by atoms with Gasteiger partial charge in [-0.2, -0.15) is 0 Å². The zero-order valence-electron chi connectivity index (χ0n) is 17.0. The van der Waals surface area contributed by atoms with Gasteiger partial charge in [-0.1, -0.05) is 18.2 Å². The molecule has 1 fully saturated rings. The Morgan fingerprint density at radius 1 is 1.21 bits per heavy atom. The Bertz CT molecular complexity index is 767. The molecule has 2 N–H and O–H groups in total. The monoisotopic (exact) mass is 511 g/mol. The minimum absolute atomic E-state index is 0. The van der Waals surface area contributed by atoms with E-state index >= 15 is 0 Å². The first kappa shape index (κ1) is 23.2. The highest BCUT2D eigenvalue weighted by molar-refractivity contribution is 14.0. The normalized spacial score (nSPS) is 15.5. The van der Waals surface area contributed by atoms with Gasteiger partial charge >= 0.3 is 0 Å². The summed E-state index contributed by atoms with van der Waals surface area (Å²) < 4.78 is 5.23. The second kappa shape index (κ2) is 11.8. The molecule has 29 heavy (non-hydrogen) atoms. The van der Waals surface area contributed by atoms with Crippen molar-refractivity contribution >= 4 is 35.8 Å². The van der Waals surface area contributed by atoms with Gasteiger partial charge in [-0.15, -0.1) is 24.0 Å². The quantitative estimate of drug-likeness (QED) is 0.353. The van der Waals surface area contributed by atoms with Crippen molar-refractivity contribution in [2.24, 2.45) is 4.99 Å². The van der Waals surface area contributed by atoms with Crippen LogP contribution in [0.1, 0.15) is 18.6 Å². The maximum absolute atomic E-state index is 10.5. The number of hydrogen-bond donors (Lipinski definition) is 2. The Hall–Kier alpha value is -2.07. The first-order valence-corrected chi connectivity index (χ1v) is 9.72. The number of hydrogen-bond acceptors (Lipinski definition) is 5. The zero-order valence-corrected chi connectivity index (χ0v) is 19.3. The Labute approximate surface area is 189 Å². The number of ether oxygens (including phenoxy) is 1. The maximum Gasteiger partial charge on any atom is 0.194 e. The SMILES string of the molecule is CCNC(=NCC(O)c1cccc(OC)c1)N1CCN(c2ccccn2)CC1.I. The molecule has 3 rings (SSSR count). The van der Waals surface area contributed by atoms with Crippen molar-refractivity contribution in [1.29, 1.82) is 0 Å². The fraction of sp³-hybridized carbons (Fsp3) is 0.429. The Morgan fingerprint density at radius 3 is 2.66 bits per heavy atom. The largest absolute Gasteiger partial charge is 0.497 e. The van der Waals surface area contributed by atoms with Crippen LogP contribution in [-0.2, 0) is 0 Å². The second-order valence-electron chi connectivity index (χ2n) is 6.65. The van der Waals surface area contributed by atoms with E-state index < -0.39 is 6.10 Å². The molecule has 158 valence electrons. The van der Waals surface area contributed by atoms with Crippen molar-refractivity contribution < 1.29 is 9.84 Å². The Kier molecular flexibility index (Phi) is 9.46. The van der Waals surface area contributed by atoms with Crippen LogP contribution >= 0.6 is 24.0 Å². The third kappa shape index (κ3) is 6.46. The number of methoxy groups -OCH3 is 1. The second-order valence-corrected chi connectivity index (χ2v) is 6.65. The van der Waals surface area contributed by atoms with Crippen molar-refractivity contribution in [3.05, 3.63) is 54.2 Å². The number of anilines is 1. The van der Waals surface area contributed by atoms with Gasteiger partial charge in [-0.05, 0) is 36.8 Å². The predicted octanol–water partition coefficient (Wildman–Crippen LogP) is 2.53. The third-order valence-electron chi connectivity index (χ3n) is 4.78. The Morgan fingerprint density at radius 2 is 2.00 bits per heavy atom. The summed E-state index contributed by atoms with van der Waals surface area (Å²) in [5, 5.41) is 13.9.